The summed E-state index contributed by atoms with van der Waals surface area (Å²) in [7, 11) is 0. The van der Waals surface area contributed by atoms with E-state index >= 15 is 0 Å². The molecule has 0 aromatic heterocycles. The molecule has 146 valence electrons. The molecule has 2 aromatic carbocycles. The first kappa shape index (κ1) is 18.8. The smallest absolute Gasteiger partial charge is 0.231 e. The lowest BCUT2D eigenvalue weighted by Gasteiger charge is -2.31. The monoisotopic (exact) mass is 377 g/mol. The van der Waals surface area contributed by atoms with Gasteiger partial charge in [-0.1, -0.05) is 45.0 Å². The molecule has 0 amide bonds. The van der Waals surface area contributed by atoms with E-state index in [2.05, 4.69) is 37.8 Å². The van der Waals surface area contributed by atoms with E-state index < -0.39 is 0 Å². The van der Waals surface area contributed by atoms with Gasteiger partial charge in [0.25, 0.3) is 0 Å². The van der Waals surface area contributed by atoms with Crippen LogP contribution in [0.3, 0.4) is 0 Å². The summed E-state index contributed by atoms with van der Waals surface area (Å²) in [6.07, 6.45) is 2.82. The van der Waals surface area contributed by atoms with Gasteiger partial charge < -0.3 is 9.47 Å². The zero-order valence-electron chi connectivity index (χ0n) is 17.0. The Balaban J connectivity index is 1.64. The number of allylic oxidation sites excluding steroid dienone is 1. The maximum atomic E-state index is 13.0. The molecular weight excluding hydrogens is 350 g/mol. The van der Waals surface area contributed by atoms with Gasteiger partial charge in [0.05, 0.1) is 5.56 Å². The molecule has 4 nitrogen and oxygen atoms in total. The molecule has 0 spiro atoms. The fourth-order valence-electron chi connectivity index (χ4n) is 3.93. The number of rotatable bonds is 4. The van der Waals surface area contributed by atoms with Crippen molar-refractivity contribution in [2.24, 2.45) is 5.92 Å². The van der Waals surface area contributed by atoms with Crippen LogP contribution in [0.5, 0.6) is 11.5 Å². The van der Waals surface area contributed by atoms with Gasteiger partial charge in [-0.2, -0.15) is 0 Å². The highest BCUT2D eigenvalue weighted by molar-refractivity contribution is 6.15. The molecule has 0 aliphatic carbocycles. The van der Waals surface area contributed by atoms with Gasteiger partial charge in [-0.3, -0.25) is 9.69 Å². The third-order valence-electron chi connectivity index (χ3n) is 5.31. The molecule has 2 heterocycles. The standard InChI is InChI=1S/C24H27NO3/c1-5-17-6-8-18(9-7-17)10-21-22(26)20-11-19-13-25(12-15(2)3)14-27-23(19)16(4)24(20)28-21/h6-11,15H,5,12-14H2,1-4H3/b21-10-. The van der Waals surface area contributed by atoms with E-state index in [0.29, 0.717) is 29.7 Å². The van der Waals surface area contributed by atoms with E-state index in [1.165, 1.54) is 5.56 Å². The van der Waals surface area contributed by atoms with Crippen molar-refractivity contribution in [1.82, 2.24) is 4.90 Å². The van der Waals surface area contributed by atoms with E-state index in [1.807, 2.05) is 31.2 Å². The van der Waals surface area contributed by atoms with Crippen molar-refractivity contribution in [3.8, 4) is 11.5 Å². The first-order valence-electron chi connectivity index (χ1n) is 10.0. The van der Waals surface area contributed by atoms with Crippen LogP contribution in [0.1, 0.15) is 53.4 Å². The Morgan fingerprint density at radius 2 is 1.93 bits per heavy atom. The minimum absolute atomic E-state index is 0.0542. The van der Waals surface area contributed by atoms with Gasteiger partial charge in [0.2, 0.25) is 5.78 Å². The predicted octanol–water partition coefficient (Wildman–Crippen LogP) is 4.98. The molecule has 2 aliphatic rings. The van der Waals surface area contributed by atoms with Crippen LogP contribution in [0.15, 0.2) is 36.1 Å². The molecule has 0 saturated carbocycles. The Morgan fingerprint density at radius 3 is 2.61 bits per heavy atom. The van der Waals surface area contributed by atoms with Crippen LogP contribution in [0.25, 0.3) is 6.08 Å². The number of carbonyl (C=O) groups is 1. The number of ether oxygens (including phenoxy) is 2. The summed E-state index contributed by atoms with van der Waals surface area (Å²) < 4.78 is 12.0. The predicted molar refractivity (Wildman–Crippen MR) is 111 cm³/mol. The molecule has 0 unspecified atom stereocenters. The van der Waals surface area contributed by atoms with Crippen LogP contribution in [0.4, 0.5) is 0 Å². The quantitative estimate of drug-likeness (QED) is 0.704. The maximum Gasteiger partial charge on any atom is 0.231 e. The Morgan fingerprint density at radius 1 is 1.18 bits per heavy atom. The Bertz CT molecular complexity index is 941. The molecule has 2 aliphatic heterocycles. The average molecular weight is 377 g/mol. The normalized spacial score (nSPS) is 17.5. The Hall–Kier alpha value is -2.59. The van der Waals surface area contributed by atoms with Gasteiger partial charge in [-0.25, -0.2) is 0 Å². The van der Waals surface area contributed by atoms with Gasteiger partial charge >= 0.3 is 0 Å². The van der Waals surface area contributed by atoms with Gasteiger partial charge in [0.1, 0.15) is 18.2 Å². The molecule has 0 atom stereocenters. The van der Waals surface area contributed by atoms with Gasteiger partial charge in [0, 0.05) is 24.2 Å². The second-order valence-corrected chi connectivity index (χ2v) is 8.08. The minimum Gasteiger partial charge on any atom is -0.477 e. The van der Waals surface area contributed by atoms with E-state index in [1.54, 1.807) is 0 Å². The lowest BCUT2D eigenvalue weighted by Crippen LogP contribution is -2.35. The SMILES string of the molecule is CCc1ccc(/C=C2\Oc3c(cc4c(c3C)OCN(CC(C)C)C4)C2=O)cc1. The van der Waals surface area contributed by atoms with Crippen molar-refractivity contribution in [3.63, 3.8) is 0 Å². The lowest BCUT2D eigenvalue weighted by molar-refractivity contribution is 0.0835. The maximum absolute atomic E-state index is 13.0. The number of fused-ring (bicyclic) bond motifs is 2. The summed E-state index contributed by atoms with van der Waals surface area (Å²) in [4.78, 5) is 15.2. The Labute approximate surface area is 166 Å². The van der Waals surface area contributed by atoms with Crippen LogP contribution >= 0.6 is 0 Å². The van der Waals surface area contributed by atoms with E-state index in [9.17, 15) is 4.79 Å². The third kappa shape index (κ3) is 3.45. The van der Waals surface area contributed by atoms with Crippen LogP contribution < -0.4 is 9.47 Å². The molecule has 28 heavy (non-hydrogen) atoms. The van der Waals surface area contributed by atoms with Crippen molar-refractivity contribution in [1.29, 1.82) is 0 Å². The van der Waals surface area contributed by atoms with E-state index in [-0.39, 0.29) is 5.78 Å². The second kappa shape index (κ2) is 7.44. The molecule has 4 heteroatoms. The number of ketones is 1. The topological polar surface area (TPSA) is 38.8 Å². The summed E-state index contributed by atoms with van der Waals surface area (Å²) in [6, 6.07) is 10.2. The molecule has 4 rings (SSSR count). The van der Waals surface area contributed by atoms with Crippen molar-refractivity contribution in [3.05, 3.63) is 63.9 Å². The highest BCUT2D eigenvalue weighted by atomic mass is 16.5. The summed E-state index contributed by atoms with van der Waals surface area (Å²) >= 11 is 0. The van der Waals surface area contributed by atoms with Crippen LogP contribution in [-0.2, 0) is 13.0 Å². The number of hydrogen-bond donors (Lipinski definition) is 0. The van der Waals surface area contributed by atoms with Crippen LogP contribution in [-0.4, -0.2) is 24.0 Å². The molecule has 0 saturated heterocycles. The largest absolute Gasteiger partial charge is 0.477 e. The molecule has 0 N–H and O–H groups in total. The number of nitrogens with zero attached hydrogens (tertiary/aromatic N) is 1. The summed E-state index contributed by atoms with van der Waals surface area (Å²) in [5.41, 5.74) is 4.86. The summed E-state index contributed by atoms with van der Waals surface area (Å²) in [5, 5.41) is 0. The molecule has 0 fully saturated rings. The van der Waals surface area contributed by atoms with Crippen molar-refractivity contribution in [2.75, 3.05) is 13.3 Å². The molecular formula is C24H27NO3. The van der Waals surface area contributed by atoms with Crippen LogP contribution in [0.2, 0.25) is 0 Å². The first-order chi connectivity index (χ1) is 13.5. The summed E-state index contributed by atoms with van der Waals surface area (Å²) in [5.74, 6) is 2.39. The van der Waals surface area contributed by atoms with Gasteiger partial charge in [0.15, 0.2) is 5.76 Å². The minimum atomic E-state index is -0.0542. The third-order valence-corrected chi connectivity index (χ3v) is 5.31. The average Bonchev–Trinajstić information content (AvgIpc) is 2.98. The van der Waals surface area contributed by atoms with E-state index in [0.717, 1.165) is 42.0 Å². The highest BCUT2D eigenvalue weighted by Gasteiger charge is 2.33. The van der Waals surface area contributed by atoms with Crippen molar-refractivity contribution < 1.29 is 14.3 Å². The number of carbonyl (C=O) groups excluding carboxylic acids is 1. The van der Waals surface area contributed by atoms with Gasteiger partial charge in [-0.15, -0.1) is 0 Å². The van der Waals surface area contributed by atoms with Crippen LogP contribution in [0, 0.1) is 12.8 Å². The van der Waals surface area contributed by atoms with Crippen molar-refractivity contribution in [2.45, 2.75) is 40.7 Å². The fourth-order valence-corrected chi connectivity index (χ4v) is 3.93. The molecule has 2 aromatic rings. The van der Waals surface area contributed by atoms with Crippen molar-refractivity contribution >= 4 is 11.9 Å². The molecule has 0 radical (unpaired) electrons. The van der Waals surface area contributed by atoms with E-state index in [4.69, 9.17) is 9.47 Å². The molecule has 0 bridgehead atoms. The number of Topliss-reactive ketones (excluding diaryl/α,β-unsaturated/α-hetero) is 1. The Kier molecular flexibility index (Phi) is 4.98. The lowest BCUT2D eigenvalue weighted by atomic mass is 9.99. The number of benzene rings is 2. The highest BCUT2D eigenvalue weighted by Crippen LogP contribution is 2.43. The van der Waals surface area contributed by atoms with Gasteiger partial charge in [-0.05, 0) is 42.5 Å². The fraction of sp³-hybridized carbons (Fsp3) is 0.375. The number of aryl methyl sites for hydroxylation is 1. The zero-order chi connectivity index (χ0) is 19.8. The summed E-state index contributed by atoms with van der Waals surface area (Å²) in [6.45, 7) is 10.8. The second-order valence-electron chi connectivity index (χ2n) is 8.08. The number of hydrogen-bond acceptors (Lipinski definition) is 4. The zero-order valence-corrected chi connectivity index (χ0v) is 17.0. The first-order valence-corrected chi connectivity index (χ1v) is 10.0.